The van der Waals surface area contributed by atoms with E-state index in [-0.39, 0.29) is 0 Å². The topological polar surface area (TPSA) is 52.9 Å². The molecule has 0 spiro atoms. The highest BCUT2D eigenvalue weighted by Crippen LogP contribution is 2.46. The molecule has 0 saturated carbocycles. The third-order valence-electron chi connectivity index (χ3n) is 3.02. The van der Waals surface area contributed by atoms with Crippen molar-refractivity contribution in [2.75, 3.05) is 21.3 Å². The first-order valence-electron chi connectivity index (χ1n) is 6.44. The predicted molar refractivity (Wildman–Crippen MR) is 90.8 cm³/mol. The fourth-order valence-corrected chi connectivity index (χ4v) is 3.55. The minimum atomic E-state index is 0.565. The highest BCUT2D eigenvalue weighted by molar-refractivity contribution is 7.22. The molecule has 0 aliphatic heterocycles. The van der Waals surface area contributed by atoms with Gasteiger partial charge in [0, 0.05) is 17.2 Å². The molecular weight excluding hydrogens is 320 g/mol. The second-order valence-corrected chi connectivity index (χ2v) is 6.22. The van der Waals surface area contributed by atoms with Crippen LogP contribution in [0.1, 0.15) is 4.88 Å². The molecule has 3 aromatic rings. The molecule has 7 heteroatoms. The van der Waals surface area contributed by atoms with Gasteiger partial charge in [-0.05, 0) is 11.4 Å². The zero-order valence-electron chi connectivity index (χ0n) is 12.3. The predicted octanol–water partition coefficient (Wildman–Crippen LogP) is 4.13. The molecule has 0 unspecified atom stereocenters. The summed E-state index contributed by atoms with van der Waals surface area (Å²) in [5, 5.41) is 2.68. The molecule has 0 saturated heterocycles. The zero-order chi connectivity index (χ0) is 15.5. The molecular formula is C15H14N2O3S2. The highest BCUT2D eigenvalue weighted by atomic mass is 32.1. The van der Waals surface area contributed by atoms with Gasteiger partial charge in [-0.25, -0.2) is 9.98 Å². The Kier molecular flexibility index (Phi) is 4.26. The normalized spacial score (nSPS) is 11.2. The van der Waals surface area contributed by atoms with Crippen molar-refractivity contribution < 1.29 is 14.2 Å². The van der Waals surface area contributed by atoms with E-state index in [1.54, 1.807) is 32.7 Å². The van der Waals surface area contributed by atoms with Crippen molar-refractivity contribution in [3.63, 3.8) is 0 Å². The zero-order valence-corrected chi connectivity index (χ0v) is 14.0. The lowest BCUT2D eigenvalue weighted by atomic mass is 10.2. The number of nitrogens with zero attached hydrogens (tertiary/aromatic N) is 2. The second-order valence-electron chi connectivity index (χ2n) is 4.26. The summed E-state index contributed by atoms with van der Waals surface area (Å²) in [6.45, 7) is 0. The Morgan fingerprint density at radius 2 is 1.95 bits per heavy atom. The van der Waals surface area contributed by atoms with Crippen LogP contribution >= 0.6 is 22.7 Å². The summed E-state index contributed by atoms with van der Waals surface area (Å²) < 4.78 is 17.1. The minimum absolute atomic E-state index is 0.565. The summed E-state index contributed by atoms with van der Waals surface area (Å²) in [4.78, 5) is 10.0. The first-order chi connectivity index (χ1) is 10.8. The van der Waals surface area contributed by atoms with Gasteiger partial charge < -0.3 is 14.2 Å². The molecule has 22 heavy (non-hydrogen) atoms. The van der Waals surface area contributed by atoms with E-state index >= 15 is 0 Å². The maximum atomic E-state index is 5.47. The van der Waals surface area contributed by atoms with Crippen LogP contribution in [0.3, 0.4) is 0 Å². The first-order valence-corrected chi connectivity index (χ1v) is 8.13. The fraction of sp³-hybridized carbons (Fsp3) is 0.200. The van der Waals surface area contributed by atoms with Gasteiger partial charge in [-0.15, -0.1) is 11.3 Å². The van der Waals surface area contributed by atoms with Crippen LogP contribution < -0.4 is 14.2 Å². The summed E-state index contributed by atoms with van der Waals surface area (Å²) in [6.07, 6.45) is 1.81. The quantitative estimate of drug-likeness (QED) is 0.658. The van der Waals surface area contributed by atoms with Gasteiger partial charge in [0.25, 0.3) is 0 Å². The van der Waals surface area contributed by atoms with E-state index in [1.807, 2.05) is 29.8 Å². The van der Waals surface area contributed by atoms with Crippen LogP contribution in [0, 0.1) is 0 Å². The van der Waals surface area contributed by atoms with Gasteiger partial charge in [-0.3, -0.25) is 0 Å². The lowest BCUT2D eigenvalue weighted by Crippen LogP contribution is -1.94. The van der Waals surface area contributed by atoms with Crippen molar-refractivity contribution in [1.82, 2.24) is 4.98 Å². The number of ether oxygens (including phenoxy) is 3. The molecule has 5 nitrogen and oxygen atoms in total. The number of benzene rings is 1. The van der Waals surface area contributed by atoms with Gasteiger partial charge >= 0.3 is 0 Å². The maximum Gasteiger partial charge on any atom is 0.210 e. The van der Waals surface area contributed by atoms with Gasteiger partial charge in [-0.1, -0.05) is 17.4 Å². The Labute approximate surface area is 135 Å². The van der Waals surface area contributed by atoms with Crippen LogP contribution in [-0.2, 0) is 0 Å². The number of thiophene rings is 1. The highest BCUT2D eigenvalue weighted by Gasteiger charge is 2.19. The van der Waals surface area contributed by atoms with E-state index in [9.17, 15) is 0 Å². The summed E-state index contributed by atoms with van der Waals surface area (Å²) in [5.74, 6) is 1.77. The van der Waals surface area contributed by atoms with E-state index in [0.29, 0.717) is 22.4 Å². The summed E-state index contributed by atoms with van der Waals surface area (Å²) in [5.41, 5.74) is 0.776. The number of aromatic nitrogens is 1. The van der Waals surface area contributed by atoms with E-state index in [0.717, 1.165) is 15.1 Å². The number of hydrogen-bond donors (Lipinski definition) is 0. The summed E-state index contributed by atoms with van der Waals surface area (Å²) >= 11 is 3.09. The molecule has 2 aromatic heterocycles. The van der Waals surface area contributed by atoms with Gasteiger partial charge in [0.2, 0.25) is 10.9 Å². The first kappa shape index (κ1) is 14.8. The van der Waals surface area contributed by atoms with Gasteiger partial charge in [-0.2, -0.15) is 0 Å². The number of hydrogen-bond acceptors (Lipinski definition) is 7. The van der Waals surface area contributed by atoms with Crippen molar-refractivity contribution >= 4 is 44.2 Å². The van der Waals surface area contributed by atoms with E-state index in [2.05, 4.69) is 9.98 Å². The Morgan fingerprint density at radius 1 is 1.14 bits per heavy atom. The standard InChI is InChI=1S/C15H14N2O3S2/c1-18-11-7-10-14(13(20-3)12(11)19-2)22-15(17-10)16-8-9-5-4-6-21-9/h4-8H,1-3H3. The van der Waals surface area contributed by atoms with Crippen LogP contribution in [-0.4, -0.2) is 32.5 Å². The lowest BCUT2D eigenvalue weighted by molar-refractivity contribution is 0.327. The number of fused-ring (bicyclic) bond motifs is 1. The molecule has 3 rings (SSSR count). The number of rotatable bonds is 5. The molecule has 0 amide bonds. The Morgan fingerprint density at radius 3 is 2.59 bits per heavy atom. The van der Waals surface area contributed by atoms with Crippen LogP contribution in [0.25, 0.3) is 10.2 Å². The molecule has 0 fully saturated rings. The second kappa shape index (κ2) is 6.33. The molecule has 2 heterocycles. The van der Waals surface area contributed by atoms with Crippen molar-refractivity contribution in [3.8, 4) is 17.2 Å². The van der Waals surface area contributed by atoms with Gasteiger partial charge in [0.1, 0.15) is 4.70 Å². The lowest BCUT2D eigenvalue weighted by Gasteiger charge is -2.11. The maximum absolute atomic E-state index is 5.47. The van der Waals surface area contributed by atoms with Crippen molar-refractivity contribution in [1.29, 1.82) is 0 Å². The smallest absolute Gasteiger partial charge is 0.210 e. The Hall–Kier alpha value is -2.12. The van der Waals surface area contributed by atoms with Crippen molar-refractivity contribution in [3.05, 3.63) is 28.5 Å². The SMILES string of the molecule is COc1cc2nc(N=Cc3cccs3)sc2c(OC)c1OC. The van der Waals surface area contributed by atoms with E-state index < -0.39 is 0 Å². The fourth-order valence-electron chi connectivity index (χ4n) is 2.05. The third-order valence-corrected chi connectivity index (χ3v) is 4.80. The molecule has 0 aliphatic rings. The Balaban J connectivity index is 2.09. The van der Waals surface area contributed by atoms with Crippen molar-refractivity contribution in [2.24, 2.45) is 4.99 Å². The van der Waals surface area contributed by atoms with Crippen LogP contribution in [0.4, 0.5) is 5.13 Å². The average Bonchev–Trinajstić information content (AvgIpc) is 3.19. The molecule has 114 valence electrons. The number of thiazole rings is 1. The monoisotopic (exact) mass is 334 g/mol. The van der Waals surface area contributed by atoms with Gasteiger partial charge in [0.05, 0.1) is 26.8 Å². The Bertz CT molecular complexity index is 810. The molecule has 0 radical (unpaired) electrons. The van der Waals surface area contributed by atoms with Gasteiger partial charge in [0.15, 0.2) is 11.5 Å². The average molecular weight is 334 g/mol. The molecule has 0 aliphatic carbocycles. The largest absolute Gasteiger partial charge is 0.493 e. The summed E-state index contributed by atoms with van der Waals surface area (Å²) in [7, 11) is 4.78. The number of methoxy groups -OCH3 is 3. The summed E-state index contributed by atoms with van der Waals surface area (Å²) in [6, 6.07) is 5.83. The van der Waals surface area contributed by atoms with Crippen LogP contribution in [0.15, 0.2) is 28.6 Å². The molecule has 0 atom stereocenters. The number of aliphatic imine (C=N–C) groups is 1. The molecule has 0 N–H and O–H groups in total. The van der Waals surface area contributed by atoms with Crippen LogP contribution in [0.2, 0.25) is 0 Å². The third kappa shape index (κ3) is 2.65. The minimum Gasteiger partial charge on any atom is -0.493 e. The van der Waals surface area contributed by atoms with E-state index in [4.69, 9.17) is 14.2 Å². The van der Waals surface area contributed by atoms with E-state index in [1.165, 1.54) is 11.3 Å². The molecule has 0 bridgehead atoms. The van der Waals surface area contributed by atoms with Crippen LogP contribution in [0.5, 0.6) is 17.2 Å². The molecule has 1 aromatic carbocycles. The van der Waals surface area contributed by atoms with Crippen molar-refractivity contribution in [2.45, 2.75) is 0 Å².